The summed E-state index contributed by atoms with van der Waals surface area (Å²) in [5.41, 5.74) is 1.02. The van der Waals surface area contributed by atoms with Gasteiger partial charge in [0.2, 0.25) is 5.88 Å². The summed E-state index contributed by atoms with van der Waals surface area (Å²) in [6.07, 6.45) is 5.39. The third kappa shape index (κ3) is 2.56. The van der Waals surface area contributed by atoms with Gasteiger partial charge >= 0.3 is 0 Å². The number of ether oxygens (including phenoxy) is 1. The molecule has 0 fully saturated rings. The lowest BCUT2D eigenvalue weighted by Gasteiger charge is -2.04. The molecule has 0 atom stereocenters. The molecule has 0 N–H and O–H groups in total. The van der Waals surface area contributed by atoms with Crippen molar-refractivity contribution in [3.8, 4) is 5.88 Å². The summed E-state index contributed by atoms with van der Waals surface area (Å²) < 4.78 is 8.12. The zero-order valence-corrected chi connectivity index (χ0v) is 9.81. The van der Waals surface area contributed by atoms with Crippen molar-refractivity contribution < 1.29 is 4.74 Å². The molecule has 0 amide bonds. The maximum atomic E-state index is 5.52. The molecule has 2 heterocycles. The normalized spacial score (nSPS) is 10.3. The van der Waals surface area contributed by atoms with Gasteiger partial charge in [-0.15, -0.1) is 0 Å². The fourth-order valence-corrected chi connectivity index (χ4v) is 1.54. The van der Waals surface area contributed by atoms with E-state index in [-0.39, 0.29) is 0 Å². The van der Waals surface area contributed by atoms with Crippen molar-refractivity contribution in [2.45, 2.75) is 6.61 Å². The average Bonchev–Trinajstić information content (AvgIpc) is 2.63. The van der Waals surface area contributed by atoms with Gasteiger partial charge in [0.25, 0.3) is 0 Å². The van der Waals surface area contributed by atoms with Crippen molar-refractivity contribution in [1.82, 2.24) is 14.8 Å². The molecule has 78 valence electrons. The van der Waals surface area contributed by atoms with E-state index >= 15 is 0 Å². The molecule has 2 aromatic rings. The summed E-state index contributed by atoms with van der Waals surface area (Å²) >= 11 is 3.37. The van der Waals surface area contributed by atoms with Gasteiger partial charge in [-0.3, -0.25) is 4.68 Å². The van der Waals surface area contributed by atoms with E-state index in [2.05, 4.69) is 26.0 Å². The molecule has 2 rings (SSSR count). The van der Waals surface area contributed by atoms with Gasteiger partial charge in [0.05, 0.1) is 10.7 Å². The summed E-state index contributed by atoms with van der Waals surface area (Å²) in [7, 11) is 1.88. The predicted octanol–water partition coefficient (Wildman–Crippen LogP) is 2.16. The van der Waals surface area contributed by atoms with Crippen LogP contribution in [-0.4, -0.2) is 14.8 Å². The van der Waals surface area contributed by atoms with Crippen molar-refractivity contribution in [3.63, 3.8) is 0 Å². The van der Waals surface area contributed by atoms with Crippen molar-refractivity contribution in [3.05, 3.63) is 40.8 Å². The van der Waals surface area contributed by atoms with Gasteiger partial charge < -0.3 is 4.74 Å². The highest BCUT2D eigenvalue weighted by atomic mass is 79.9. The minimum atomic E-state index is 0.476. The number of halogens is 1. The Labute approximate surface area is 96.0 Å². The fourth-order valence-electron chi connectivity index (χ4n) is 1.18. The number of hydrogen-bond donors (Lipinski definition) is 0. The monoisotopic (exact) mass is 267 g/mol. The Morgan fingerprint density at radius 3 is 3.07 bits per heavy atom. The lowest BCUT2D eigenvalue weighted by Crippen LogP contribution is -1.96. The number of rotatable bonds is 3. The van der Waals surface area contributed by atoms with E-state index in [0.717, 1.165) is 10.0 Å². The van der Waals surface area contributed by atoms with E-state index in [4.69, 9.17) is 4.74 Å². The van der Waals surface area contributed by atoms with Gasteiger partial charge in [0, 0.05) is 25.0 Å². The van der Waals surface area contributed by atoms with Gasteiger partial charge in [-0.2, -0.15) is 5.10 Å². The molecule has 0 saturated heterocycles. The SMILES string of the molecule is Cn1cc(COc2ncccc2Br)cn1. The van der Waals surface area contributed by atoms with Crippen LogP contribution >= 0.6 is 15.9 Å². The minimum Gasteiger partial charge on any atom is -0.472 e. The first-order valence-electron chi connectivity index (χ1n) is 4.46. The first-order chi connectivity index (χ1) is 7.25. The van der Waals surface area contributed by atoms with Crippen LogP contribution in [0.3, 0.4) is 0 Å². The standard InChI is InChI=1S/C10H10BrN3O/c1-14-6-8(5-13-14)7-15-10-9(11)3-2-4-12-10/h2-6H,7H2,1H3. The van der Waals surface area contributed by atoms with Crippen LogP contribution in [0.4, 0.5) is 0 Å². The molecule has 0 radical (unpaired) electrons. The van der Waals surface area contributed by atoms with E-state index < -0.39 is 0 Å². The van der Waals surface area contributed by atoms with Crippen molar-refractivity contribution >= 4 is 15.9 Å². The highest BCUT2D eigenvalue weighted by molar-refractivity contribution is 9.10. The molecule has 0 aliphatic rings. The first-order valence-corrected chi connectivity index (χ1v) is 5.26. The quantitative estimate of drug-likeness (QED) is 0.856. The van der Waals surface area contributed by atoms with Crippen LogP contribution in [0, 0.1) is 0 Å². The van der Waals surface area contributed by atoms with Crippen LogP contribution in [0.5, 0.6) is 5.88 Å². The Kier molecular flexibility index (Phi) is 3.01. The summed E-state index contributed by atoms with van der Waals surface area (Å²) in [5, 5.41) is 4.06. The zero-order chi connectivity index (χ0) is 10.7. The highest BCUT2D eigenvalue weighted by Crippen LogP contribution is 2.21. The summed E-state index contributed by atoms with van der Waals surface area (Å²) in [6, 6.07) is 3.74. The van der Waals surface area contributed by atoms with E-state index in [1.807, 2.05) is 25.4 Å². The van der Waals surface area contributed by atoms with Gasteiger partial charge in [-0.1, -0.05) is 0 Å². The maximum absolute atomic E-state index is 5.52. The lowest BCUT2D eigenvalue weighted by molar-refractivity contribution is 0.291. The molecule has 0 aliphatic heterocycles. The second-order valence-corrected chi connectivity index (χ2v) is 3.96. The molecule has 0 unspecified atom stereocenters. The molecular weight excluding hydrogens is 258 g/mol. The highest BCUT2D eigenvalue weighted by Gasteiger charge is 2.02. The Hall–Kier alpha value is -1.36. The third-order valence-corrected chi connectivity index (χ3v) is 2.46. The van der Waals surface area contributed by atoms with Gasteiger partial charge in [0.15, 0.2) is 0 Å². The van der Waals surface area contributed by atoms with Crippen LogP contribution in [0.2, 0.25) is 0 Å². The Balaban J connectivity index is 2.02. The van der Waals surface area contributed by atoms with Crippen molar-refractivity contribution in [2.75, 3.05) is 0 Å². The zero-order valence-electron chi connectivity index (χ0n) is 8.22. The molecule has 4 nitrogen and oxygen atoms in total. The van der Waals surface area contributed by atoms with Crippen LogP contribution in [0.25, 0.3) is 0 Å². The van der Waals surface area contributed by atoms with E-state index in [0.29, 0.717) is 12.5 Å². The molecule has 0 aliphatic carbocycles. The molecule has 0 saturated carbocycles. The van der Waals surface area contributed by atoms with Crippen LogP contribution in [0.1, 0.15) is 5.56 Å². The summed E-state index contributed by atoms with van der Waals surface area (Å²) in [5.74, 6) is 0.598. The number of aromatic nitrogens is 3. The van der Waals surface area contributed by atoms with Crippen molar-refractivity contribution in [1.29, 1.82) is 0 Å². The summed E-state index contributed by atoms with van der Waals surface area (Å²) in [6.45, 7) is 0.476. The van der Waals surface area contributed by atoms with Crippen molar-refractivity contribution in [2.24, 2.45) is 7.05 Å². The fraction of sp³-hybridized carbons (Fsp3) is 0.200. The summed E-state index contributed by atoms with van der Waals surface area (Å²) in [4.78, 5) is 4.10. The Morgan fingerprint density at radius 1 is 1.53 bits per heavy atom. The van der Waals surface area contributed by atoms with Crippen LogP contribution in [0.15, 0.2) is 35.2 Å². The van der Waals surface area contributed by atoms with Crippen LogP contribution in [-0.2, 0) is 13.7 Å². The first kappa shape index (κ1) is 10.2. The number of pyridine rings is 1. The molecule has 0 bridgehead atoms. The molecule has 5 heteroatoms. The molecule has 0 aromatic carbocycles. The van der Waals surface area contributed by atoms with E-state index in [9.17, 15) is 0 Å². The molecule has 0 spiro atoms. The number of nitrogens with zero attached hydrogens (tertiary/aromatic N) is 3. The second kappa shape index (κ2) is 4.44. The smallest absolute Gasteiger partial charge is 0.228 e. The predicted molar refractivity (Wildman–Crippen MR) is 59.5 cm³/mol. The largest absolute Gasteiger partial charge is 0.472 e. The minimum absolute atomic E-state index is 0.476. The molecule has 2 aromatic heterocycles. The molecular formula is C10H10BrN3O. The third-order valence-electron chi connectivity index (χ3n) is 1.86. The maximum Gasteiger partial charge on any atom is 0.228 e. The second-order valence-electron chi connectivity index (χ2n) is 3.10. The Morgan fingerprint density at radius 2 is 2.40 bits per heavy atom. The van der Waals surface area contributed by atoms with E-state index in [1.54, 1.807) is 17.1 Å². The number of hydrogen-bond acceptors (Lipinski definition) is 3. The van der Waals surface area contributed by atoms with Crippen LogP contribution < -0.4 is 4.74 Å². The molecule has 15 heavy (non-hydrogen) atoms. The Bertz CT molecular complexity index is 455. The lowest BCUT2D eigenvalue weighted by atomic mass is 10.4. The average molecular weight is 268 g/mol. The van der Waals surface area contributed by atoms with Gasteiger partial charge in [0.1, 0.15) is 6.61 Å². The van der Waals surface area contributed by atoms with E-state index in [1.165, 1.54) is 0 Å². The van der Waals surface area contributed by atoms with Gasteiger partial charge in [-0.25, -0.2) is 4.98 Å². The topological polar surface area (TPSA) is 39.9 Å². The van der Waals surface area contributed by atoms with Gasteiger partial charge in [-0.05, 0) is 28.1 Å². The number of aryl methyl sites for hydroxylation is 1.